The Kier molecular flexibility index (Phi) is 6.20. The highest BCUT2D eigenvalue weighted by atomic mass is 35.5. The van der Waals surface area contributed by atoms with Gasteiger partial charge in [-0.15, -0.1) is 0 Å². The molecule has 1 spiro atoms. The number of nitrogens with zero attached hydrogens (tertiary/aromatic N) is 6. The zero-order valence-electron chi connectivity index (χ0n) is 21.2. The van der Waals surface area contributed by atoms with Crippen molar-refractivity contribution >= 4 is 40.8 Å². The predicted molar refractivity (Wildman–Crippen MR) is 147 cm³/mol. The standard InChI is InChI=1S/C27H32ClN7OS/c1-26(2,36)18-15-35(16-18)24-22(28)20(5-9-31-24)37-25-23(29)33-21(14-32-25)34-10-6-27(7-11-34)12-17-4-3-8-30-19(17)13-27/h3-5,8-9,14,18,36H,6-7,10-13,15-16H2,1-2H3,(H2,29,33). The fourth-order valence-corrected chi connectivity index (χ4v) is 6.83. The second kappa shape index (κ2) is 9.29. The maximum atomic E-state index is 10.2. The maximum Gasteiger partial charge on any atom is 0.158 e. The first kappa shape index (κ1) is 24.7. The third-order valence-corrected chi connectivity index (χ3v) is 9.77. The van der Waals surface area contributed by atoms with Crippen LogP contribution >= 0.6 is 23.4 Å². The van der Waals surface area contributed by atoms with Gasteiger partial charge in [0.1, 0.15) is 16.7 Å². The number of nitrogens with two attached hydrogens (primary N) is 1. The van der Waals surface area contributed by atoms with Crippen molar-refractivity contribution in [1.82, 2.24) is 19.9 Å². The summed E-state index contributed by atoms with van der Waals surface area (Å²) in [7, 11) is 0. The molecule has 0 bridgehead atoms. The first-order chi connectivity index (χ1) is 17.7. The Balaban J connectivity index is 1.11. The van der Waals surface area contributed by atoms with Gasteiger partial charge in [-0.25, -0.2) is 15.0 Å². The van der Waals surface area contributed by atoms with Gasteiger partial charge in [-0.2, -0.15) is 0 Å². The number of pyridine rings is 2. The molecular formula is C27H32ClN7OS. The molecule has 3 aromatic heterocycles. The molecule has 2 saturated heterocycles. The molecule has 3 aliphatic rings. The lowest BCUT2D eigenvalue weighted by Crippen LogP contribution is -2.56. The van der Waals surface area contributed by atoms with E-state index in [0.717, 1.165) is 68.4 Å². The highest BCUT2D eigenvalue weighted by Gasteiger charge is 2.41. The Morgan fingerprint density at radius 3 is 2.57 bits per heavy atom. The second-order valence-electron chi connectivity index (χ2n) is 11.2. The van der Waals surface area contributed by atoms with Gasteiger partial charge in [0, 0.05) is 55.1 Å². The zero-order chi connectivity index (χ0) is 25.8. The van der Waals surface area contributed by atoms with Crippen LogP contribution in [0.3, 0.4) is 0 Å². The molecule has 5 heterocycles. The van der Waals surface area contributed by atoms with Gasteiger partial charge >= 0.3 is 0 Å². The molecule has 3 N–H and O–H groups in total. The van der Waals surface area contributed by atoms with Gasteiger partial charge < -0.3 is 20.6 Å². The van der Waals surface area contributed by atoms with Crippen LogP contribution in [0.15, 0.2) is 46.7 Å². The summed E-state index contributed by atoms with van der Waals surface area (Å²) in [6.07, 6.45) is 9.90. The number of aromatic nitrogens is 4. The van der Waals surface area contributed by atoms with Gasteiger partial charge in [0.2, 0.25) is 0 Å². The van der Waals surface area contributed by atoms with E-state index in [9.17, 15) is 5.11 Å². The van der Waals surface area contributed by atoms with E-state index >= 15 is 0 Å². The fourth-order valence-electron chi connectivity index (χ4n) is 5.71. The van der Waals surface area contributed by atoms with Crippen molar-refractivity contribution in [3.8, 4) is 0 Å². The van der Waals surface area contributed by atoms with Crippen molar-refractivity contribution < 1.29 is 5.11 Å². The highest BCUT2D eigenvalue weighted by molar-refractivity contribution is 7.99. The number of anilines is 3. The molecule has 10 heteroatoms. The molecule has 0 aromatic carbocycles. The number of hydrogen-bond acceptors (Lipinski definition) is 9. The van der Waals surface area contributed by atoms with E-state index < -0.39 is 5.60 Å². The third-order valence-electron chi connectivity index (χ3n) is 8.21. The summed E-state index contributed by atoms with van der Waals surface area (Å²) in [5.41, 5.74) is 8.66. The molecule has 0 unspecified atom stereocenters. The Labute approximate surface area is 226 Å². The lowest BCUT2D eigenvalue weighted by atomic mass is 9.76. The molecule has 8 nitrogen and oxygen atoms in total. The van der Waals surface area contributed by atoms with Crippen molar-refractivity contribution in [2.45, 2.75) is 55.1 Å². The summed E-state index contributed by atoms with van der Waals surface area (Å²) in [6, 6.07) is 6.14. The minimum Gasteiger partial charge on any atom is -0.390 e. The average molecular weight is 538 g/mol. The van der Waals surface area contributed by atoms with Gasteiger partial charge in [0.05, 0.1) is 16.8 Å². The summed E-state index contributed by atoms with van der Waals surface area (Å²) >= 11 is 8.14. The van der Waals surface area contributed by atoms with E-state index in [2.05, 4.69) is 30.8 Å². The molecular weight excluding hydrogens is 506 g/mol. The normalized spacial score (nSPS) is 19.2. The van der Waals surface area contributed by atoms with Crippen LogP contribution in [0.1, 0.15) is 37.9 Å². The second-order valence-corrected chi connectivity index (χ2v) is 12.6. The highest BCUT2D eigenvalue weighted by Crippen LogP contribution is 2.45. The Bertz CT molecular complexity index is 1290. The van der Waals surface area contributed by atoms with Crippen LogP contribution in [0.25, 0.3) is 0 Å². The summed E-state index contributed by atoms with van der Waals surface area (Å²) in [4.78, 5) is 23.7. The summed E-state index contributed by atoms with van der Waals surface area (Å²) in [6.45, 7) is 7.01. The van der Waals surface area contributed by atoms with Crippen LogP contribution in [0.4, 0.5) is 17.5 Å². The number of halogens is 1. The summed E-state index contributed by atoms with van der Waals surface area (Å²) in [5, 5.41) is 11.4. The molecule has 194 valence electrons. The van der Waals surface area contributed by atoms with E-state index in [1.54, 1.807) is 6.20 Å². The average Bonchev–Trinajstić information content (AvgIpc) is 3.19. The van der Waals surface area contributed by atoms with Crippen LogP contribution in [0.2, 0.25) is 5.02 Å². The van der Waals surface area contributed by atoms with Crippen LogP contribution in [0, 0.1) is 11.3 Å². The van der Waals surface area contributed by atoms with Crippen molar-refractivity contribution in [2.24, 2.45) is 11.3 Å². The third kappa shape index (κ3) is 4.73. The monoisotopic (exact) mass is 537 g/mol. The predicted octanol–water partition coefficient (Wildman–Crippen LogP) is 4.25. The minimum atomic E-state index is -0.713. The Hall–Kier alpha value is -2.62. The van der Waals surface area contributed by atoms with Crippen LogP contribution in [0.5, 0.6) is 0 Å². The lowest BCUT2D eigenvalue weighted by molar-refractivity contribution is 0.00438. The van der Waals surface area contributed by atoms with Gasteiger partial charge in [-0.05, 0) is 62.6 Å². The van der Waals surface area contributed by atoms with Gasteiger partial charge in [0.15, 0.2) is 5.82 Å². The van der Waals surface area contributed by atoms with Crippen molar-refractivity contribution in [1.29, 1.82) is 0 Å². The van der Waals surface area contributed by atoms with Gasteiger partial charge in [0.25, 0.3) is 0 Å². The molecule has 0 saturated carbocycles. The molecule has 6 rings (SSSR count). The SMILES string of the molecule is CC(C)(O)C1CN(c2nccc(Sc3ncc(N4CCC5(CC4)Cc4cccnc4C5)nc3N)c2Cl)C1. The van der Waals surface area contributed by atoms with Gasteiger partial charge in [-0.1, -0.05) is 29.4 Å². The fraction of sp³-hybridized carbons (Fsp3) is 0.481. The smallest absolute Gasteiger partial charge is 0.158 e. The van der Waals surface area contributed by atoms with E-state index in [1.807, 2.05) is 38.4 Å². The number of piperidine rings is 1. The topological polar surface area (TPSA) is 104 Å². The summed E-state index contributed by atoms with van der Waals surface area (Å²) in [5.74, 6) is 2.15. The Morgan fingerprint density at radius 2 is 1.86 bits per heavy atom. The van der Waals surface area contributed by atoms with E-state index in [-0.39, 0.29) is 5.92 Å². The van der Waals surface area contributed by atoms with E-state index in [0.29, 0.717) is 21.3 Å². The van der Waals surface area contributed by atoms with Crippen molar-refractivity contribution in [3.63, 3.8) is 0 Å². The Morgan fingerprint density at radius 1 is 1.08 bits per heavy atom. The lowest BCUT2D eigenvalue weighted by Gasteiger charge is -2.46. The molecule has 0 atom stereocenters. The molecule has 37 heavy (non-hydrogen) atoms. The van der Waals surface area contributed by atoms with Crippen LogP contribution in [-0.4, -0.2) is 56.8 Å². The number of fused-ring (bicyclic) bond motifs is 1. The molecule has 3 aromatic rings. The molecule has 2 aliphatic heterocycles. The quantitative estimate of drug-likeness (QED) is 0.494. The first-order valence-corrected chi connectivity index (χ1v) is 14.0. The zero-order valence-corrected chi connectivity index (χ0v) is 22.8. The number of hydrogen-bond donors (Lipinski definition) is 2. The number of aliphatic hydroxyl groups is 1. The van der Waals surface area contributed by atoms with Gasteiger partial charge in [-0.3, -0.25) is 4.98 Å². The van der Waals surface area contributed by atoms with Crippen LogP contribution in [-0.2, 0) is 12.8 Å². The molecule has 2 fully saturated rings. The summed E-state index contributed by atoms with van der Waals surface area (Å²) < 4.78 is 0. The van der Waals surface area contributed by atoms with Crippen molar-refractivity contribution in [2.75, 3.05) is 41.7 Å². The largest absolute Gasteiger partial charge is 0.390 e. The minimum absolute atomic E-state index is 0.195. The molecule has 0 amide bonds. The van der Waals surface area contributed by atoms with E-state index in [1.165, 1.54) is 23.0 Å². The maximum absolute atomic E-state index is 10.2. The number of rotatable bonds is 5. The first-order valence-electron chi connectivity index (χ1n) is 12.8. The number of nitrogen functional groups attached to an aromatic ring is 1. The van der Waals surface area contributed by atoms with Crippen molar-refractivity contribution in [3.05, 3.63) is 53.1 Å². The molecule has 1 aliphatic carbocycles. The molecule has 0 radical (unpaired) electrons. The van der Waals surface area contributed by atoms with E-state index in [4.69, 9.17) is 22.3 Å². The van der Waals surface area contributed by atoms with Crippen LogP contribution < -0.4 is 15.5 Å².